The van der Waals surface area contributed by atoms with Gasteiger partial charge in [-0.3, -0.25) is 0 Å². The van der Waals surface area contributed by atoms with E-state index in [9.17, 15) is 0 Å². The van der Waals surface area contributed by atoms with E-state index in [2.05, 4.69) is 31.3 Å². The summed E-state index contributed by atoms with van der Waals surface area (Å²) in [6, 6.07) is 6.89. The predicted octanol–water partition coefficient (Wildman–Crippen LogP) is 4.01. The largest absolute Gasteiger partial charge is 0.389 e. The number of benzene rings is 1. The van der Waals surface area contributed by atoms with Gasteiger partial charge in [0.25, 0.3) is 0 Å². The summed E-state index contributed by atoms with van der Waals surface area (Å²) in [5, 5.41) is 3.66. The number of hydrogen-bond acceptors (Lipinski definition) is 2. The normalized spacial score (nSPS) is 23.7. The molecule has 1 aromatic rings. The zero-order valence-corrected chi connectivity index (χ0v) is 12.7. The van der Waals surface area contributed by atoms with Gasteiger partial charge in [-0.2, -0.15) is 0 Å². The highest BCUT2D eigenvalue weighted by Crippen LogP contribution is 2.25. The standard InChI is InChI=1S/C16H24N2S/c1-11-4-3-5-13(7-6-11)18-14-8-9-15(16(17)19)12(2)10-14/h8-11,13,18H,3-7H2,1-2H3,(H2,17,19). The van der Waals surface area contributed by atoms with Gasteiger partial charge in [-0.05, 0) is 55.9 Å². The zero-order valence-electron chi connectivity index (χ0n) is 11.9. The van der Waals surface area contributed by atoms with E-state index in [1.54, 1.807) is 0 Å². The Labute approximate surface area is 121 Å². The lowest BCUT2D eigenvalue weighted by atomic mass is 10.0. The van der Waals surface area contributed by atoms with Crippen LogP contribution < -0.4 is 11.1 Å². The summed E-state index contributed by atoms with van der Waals surface area (Å²) in [5.41, 5.74) is 9.02. The Bertz CT molecular complexity index is 456. The first kappa shape index (κ1) is 14.3. The van der Waals surface area contributed by atoms with Gasteiger partial charge >= 0.3 is 0 Å². The second-order valence-electron chi connectivity index (χ2n) is 5.85. The molecule has 1 aliphatic carbocycles. The molecule has 1 saturated carbocycles. The van der Waals surface area contributed by atoms with Crippen LogP contribution in [0.25, 0.3) is 0 Å². The van der Waals surface area contributed by atoms with Gasteiger partial charge in [0.2, 0.25) is 0 Å². The van der Waals surface area contributed by atoms with E-state index in [1.807, 2.05) is 6.07 Å². The third-order valence-electron chi connectivity index (χ3n) is 4.12. The van der Waals surface area contributed by atoms with E-state index in [1.165, 1.54) is 37.8 Å². The van der Waals surface area contributed by atoms with Gasteiger partial charge in [0, 0.05) is 17.3 Å². The molecule has 0 amide bonds. The van der Waals surface area contributed by atoms with E-state index >= 15 is 0 Å². The zero-order chi connectivity index (χ0) is 13.8. The first-order valence-electron chi connectivity index (χ1n) is 7.23. The summed E-state index contributed by atoms with van der Waals surface area (Å²) in [4.78, 5) is 0.479. The van der Waals surface area contributed by atoms with Crippen LogP contribution in [0.15, 0.2) is 18.2 Å². The molecule has 2 nitrogen and oxygen atoms in total. The summed E-state index contributed by atoms with van der Waals surface area (Å²) in [7, 11) is 0. The van der Waals surface area contributed by atoms with Gasteiger partial charge in [-0.15, -0.1) is 0 Å². The van der Waals surface area contributed by atoms with Crippen molar-refractivity contribution < 1.29 is 0 Å². The van der Waals surface area contributed by atoms with Crippen molar-refractivity contribution in [1.82, 2.24) is 0 Å². The molecule has 0 bridgehead atoms. The van der Waals surface area contributed by atoms with Gasteiger partial charge in [0.05, 0.1) is 0 Å². The van der Waals surface area contributed by atoms with Crippen molar-refractivity contribution in [3.8, 4) is 0 Å². The molecular weight excluding hydrogens is 252 g/mol. The molecule has 3 N–H and O–H groups in total. The minimum atomic E-state index is 0.479. The van der Waals surface area contributed by atoms with E-state index < -0.39 is 0 Å². The molecule has 1 aliphatic rings. The first-order valence-corrected chi connectivity index (χ1v) is 7.64. The Morgan fingerprint density at radius 3 is 2.74 bits per heavy atom. The highest BCUT2D eigenvalue weighted by atomic mass is 32.1. The Kier molecular flexibility index (Phi) is 4.81. The Hall–Kier alpha value is -1.09. The van der Waals surface area contributed by atoms with Crippen LogP contribution in [0.2, 0.25) is 0 Å². The predicted molar refractivity (Wildman–Crippen MR) is 86.7 cm³/mol. The molecular formula is C16H24N2S. The van der Waals surface area contributed by atoms with E-state index in [0.717, 1.165) is 17.0 Å². The second kappa shape index (κ2) is 6.38. The number of aryl methyl sites for hydroxylation is 1. The molecule has 1 aromatic carbocycles. The average Bonchev–Trinajstić information content (AvgIpc) is 2.54. The van der Waals surface area contributed by atoms with E-state index in [-0.39, 0.29) is 0 Å². The van der Waals surface area contributed by atoms with Gasteiger partial charge in [-0.25, -0.2) is 0 Å². The lowest BCUT2D eigenvalue weighted by molar-refractivity contribution is 0.502. The van der Waals surface area contributed by atoms with Crippen LogP contribution in [0.5, 0.6) is 0 Å². The van der Waals surface area contributed by atoms with E-state index in [4.69, 9.17) is 18.0 Å². The minimum absolute atomic E-state index is 0.479. The number of anilines is 1. The van der Waals surface area contributed by atoms with Crippen LogP contribution in [0.1, 0.15) is 50.2 Å². The molecule has 0 spiro atoms. The number of thiocarbonyl (C=S) groups is 1. The van der Waals surface area contributed by atoms with Crippen molar-refractivity contribution in [2.75, 3.05) is 5.32 Å². The highest BCUT2D eigenvalue weighted by molar-refractivity contribution is 7.80. The van der Waals surface area contributed by atoms with Crippen LogP contribution in [0.3, 0.4) is 0 Å². The number of nitrogens with one attached hydrogen (secondary N) is 1. The molecule has 2 rings (SSSR count). The molecule has 2 unspecified atom stereocenters. The summed E-state index contributed by atoms with van der Waals surface area (Å²) in [5.74, 6) is 0.880. The smallest absolute Gasteiger partial charge is 0.104 e. The van der Waals surface area contributed by atoms with E-state index in [0.29, 0.717) is 11.0 Å². The van der Waals surface area contributed by atoms with Gasteiger partial charge in [0.1, 0.15) is 4.99 Å². The molecule has 0 heterocycles. The van der Waals surface area contributed by atoms with Crippen LogP contribution in [-0.4, -0.2) is 11.0 Å². The molecule has 0 aromatic heterocycles. The van der Waals surface area contributed by atoms with Crippen molar-refractivity contribution in [2.24, 2.45) is 11.7 Å². The summed E-state index contributed by atoms with van der Waals surface area (Å²) < 4.78 is 0. The van der Waals surface area contributed by atoms with Crippen molar-refractivity contribution in [3.05, 3.63) is 29.3 Å². The summed E-state index contributed by atoms with van der Waals surface area (Å²) in [6.45, 7) is 4.43. The maximum absolute atomic E-state index is 5.70. The molecule has 0 aliphatic heterocycles. The summed E-state index contributed by atoms with van der Waals surface area (Å²) >= 11 is 5.04. The van der Waals surface area contributed by atoms with Crippen LogP contribution in [0.4, 0.5) is 5.69 Å². The van der Waals surface area contributed by atoms with Gasteiger partial charge in [0.15, 0.2) is 0 Å². The fourth-order valence-corrected chi connectivity index (χ4v) is 3.13. The molecule has 2 atom stereocenters. The maximum atomic E-state index is 5.70. The maximum Gasteiger partial charge on any atom is 0.104 e. The SMILES string of the molecule is Cc1cc(NC2CCCC(C)CC2)ccc1C(N)=S. The van der Waals surface area contributed by atoms with Crippen molar-refractivity contribution in [1.29, 1.82) is 0 Å². The third kappa shape index (κ3) is 3.93. The molecule has 1 fully saturated rings. The van der Waals surface area contributed by atoms with Crippen LogP contribution in [-0.2, 0) is 0 Å². The number of hydrogen-bond donors (Lipinski definition) is 2. The first-order chi connectivity index (χ1) is 9.06. The second-order valence-corrected chi connectivity index (χ2v) is 6.29. The monoisotopic (exact) mass is 276 g/mol. The highest BCUT2D eigenvalue weighted by Gasteiger charge is 2.16. The average molecular weight is 276 g/mol. The molecule has 19 heavy (non-hydrogen) atoms. The van der Waals surface area contributed by atoms with Crippen LogP contribution in [0, 0.1) is 12.8 Å². The molecule has 0 radical (unpaired) electrons. The fraction of sp³-hybridized carbons (Fsp3) is 0.562. The lowest BCUT2D eigenvalue weighted by Gasteiger charge is -2.19. The third-order valence-corrected chi connectivity index (χ3v) is 4.34. The lowest BCUT2D eigenvalue weighted by Crippen LogP contribution is -2.19. The molecule has 3 heteroatoms. The Morgan fingerprint density at radius 1 is 1.26 bits per heavy atom. The Balaban J connectivity index is 2.03. The van der Waals surface area contributed by atoms with Crippen molar-refractivity contribution >= 4 is 22.9 Å². The van der Waals surface area contributed by atoms with Crippen LogP contribution >= 0.6 is 12.2 Å². The quantitative estimate of drug-likeness (QED) is 0.647. The Morgan fingerprint density at radius 2 is 2.05 bits per heavy atom. The molecule has 104 valence electrons. The minimum Gasteiger partial charge on any atom is -0.389 e. The number of rotatable bonds is 3. The van der Waals surface area contributed by atoms with Gasteiger partial charge < -0.3 is 11.1 Å². The van der Waals surface area contributed by atoms with Crippen molar-refractivity contribution in [2.45, 2.75) is 52.0 Å². The van der Waals surface area contributed by atoms with Gasteiger partial charge in [-0.1, -0.05) is 32.0 Å². The fourth-order valence-electron chi connectivity index (χ4n) is 2.90. The number of nitrogens with two attached hydrogens (primary N) is 1. The molecule has 0 saturated heterocycles. The summed E-state index contributed by atoms with van der Waals surface area (Å²) in [6.07, 6.45) is 6.60. The topological polar surface area (TPSA) is 38.0 Å². The van der Waals surface area contributed by atoms with Crippen molar-refractivity contribution in [3.63, 3.8) is 0 Å².